The molecule has 1 aromatic rings. The Morgan fingerprint density at radius 3 is 2.82 bits per heavy atom. The molecule has 0 aromatic carbocycles. The first-order valence-corrected chi connectivity index (χ1v) is 3.71. The first-order chi connectivity index (χ1) is 5.11. The number of carbonyl (C=O) groups excluding carboxylic acids is 1. The largest absolute Gasteiger partial charge is 0.375 e. The second-order valence-corrected chi connectivity index (χ2v) is 2.84. The van der Waals surface area contributed by atoms with Crippen molar-refractivity contribution < 1.29 is 4.79 Å². The van der Waals surface area contributed by atoms with Gasteiger partial charge >= 0.3 is 0 Å². The van der Waals surface area contributed by atoms with E-state index in [-0.39, 0.29) is 0 Å². The minimum atomic E-state index is -0.955. The molecule has 0 aliphatic rings. The van der Waals surface area contributed by atoms with E-state index in [4.69, 9.17) is 17.2 Å². The van der Waals surface area contributed by atoms with Gasteiger partial charge in [0.25, 0.3) is 5.91 Å². The van der Waals surface area contributed by atoms with Gasteiger partial charge in [-0.3, -0.25) is 10.5 Å². The molecule has 6 heteroatoms. The third-order valence-corrected chi connectivity index (χ3v) is 1.83. The lowest BCUT2D eigenvalue weighted by Crippen LogP contribution is -2.22. The van der Waals surface area contributed by atoms with E-state index in [2.05, 4.69) is 4.98 Å². The maximum Gasteiger partial charge on any atom is 0.261 e. The van der Waals surface area contributed by atoms with Crippen LogP contribution in [0.5, 0.6) is 0 Å². The number of rotatable bonds is 2. The van der Waals surface area contributed by atoms with E-state index < -0.39 is 11.9 Å². The SMILES string of the molecule is [NH]C(=O)C(N)c1csc(N)n1. The van der Waals surface area contributed by atoms with E-state index in [0.717, 1.165) is 0 Å². The van der Waals surface area contributed by atoms with Crippen LogP contribution >= 0.6 is 11.3 Å². The van der Waals surface area contributed by atoms with Crippen molar-refractivity contribution in [2.75, 3.05) is 5.73 Å². The molecule has 0 saturated heterocycles. The van der Waals surface area contributed by atoms with Crippen molar-refractivity contribution in [3.8, 4) is 0 Å². The summed E-state index contributed by atoms with van der Waals surface area (Å²) in [5.74, 6) is -0.852. The summed E-state index contributed by atoms with van der Waals surface area (Å²) in [7, 11) is 0. The summed E-state index contributed by atoms with van der Waals surface area (Å²) >= 11 is 1.20. The highest BCUT2D eigenvalue weighted by atomic mass is 32.1. The number of hydrogen-bond acceptors (Lipinski definition) is 5. The summed E-state index contributed by atoms with van der Waals surface area (Å²) < 4.78 is 0. The third-order valence-electron chi connectivity index (χ3n) is 1.14. The number of nitrogens with two attached hydrogens (primary N) is 2. The van der Waals surface area contributed by atoms with Crippen molar-refractivity contribution in [1.29, 1.82) is 0 Å². The van der Waals surface area contributed by atoms with Crippen LogP contribution in [0.25, 0.3) is 0 Å². The summed E-state index contributed by atoms with van der Waals surface area (Å²) in [6.07, 6.45) is 0. The zero-order valence-corrected chi connectivity index (χ0v) is 6.39. The van der Waals surface area contributed by atoms with Gasteiger partial charge in [-0.25, -0.2) is 4.98 Å². The van der Waals surface area contributed by atoms with Gasteiger partial charge in [0.05, 0.1) is 5.69 Å². The van der Waals surface area contributed by atoms with Gasteiger partial charge in [0.1, 0.15) is 6.04 Å². The highest BCUT2D eigenvalue weighted by Gasteiger charge is 2.15. The molecule has 0 spiro atoms. The minimum Gasteiger partial charge on any atom is -0.375 e. The molecule has 5 nitrogen and oxygen atoms in total. The maximum atomic E-state index is 10.4. The van der Waals surface area contributed by atoms with Gasteiger partial charge in [-0.15, -0.1) is 11.3 Å². The van der Waals surface area contributed by atoms with Gasteiger partial charge in [0.15, 0.2) is 5.13 Å². The topological polar surface area (TPSA) is 106 Å². The number of nitrogens with zero attached hydrogens (tertiary/aromatic N) is 1. The molecule has 1 unspecified atom stereocenters. The van der Waals surface area contributed by atoms with E-state index in [1.807, 2.05) is 0 Å². The lowest BCUT2D eigenvalue weighted by Gasteiger charge is -1.99. The van der Waals surface area contributed by atoms with E-state index in [9.17, 15) is 4.79 Å². The number of anilines is 1. The van der Waals surface area contributed by atoms with Crippen LogP contribution in [0.2, 0.25) is 0 Å². The van der Waals surface area contributed by atoms with Gasteiger partial charge in [-0.2, -0.15) is 0 Å². The second-order valence-electron chi connectivity index (χ2n) is 1.95. The smallest absolute Gasteiger partial charge is 0.261 e. The average molecular weight is 171 g/mol. The van der Waals surface area contributed by atoms with Crippen molar-refractivity contribution >= 4 is 22.4 Å². The van der Waals surface area contributed by atoms with Gasteiger partial charge in [0.2, 0.25) is 0 Å². The molecule has 0 aliphatic carbocycles. The monoisotopic (exact) mass is 171 g/mol. The molecule has 0 fully saturated rings. The molecule has 5 N–H and O–H groups in total. The predicted molar refractivity (Wildman–Crippen MR) is 41.6 cm³/mol. The van der Waals surface area contributed by atoms with Crippen molar-refractivity contribution in [2.24, 2.45) is 5.73 Å². The van der Waals surface area contributed by atoms with Crippen LogP contribution in [-0.4, -0.2) is 10.9 Å². The van der Waals surface area contributed by atoms with Crippen LogP contribution in [0.4, 0.5) is 5.13 Å². The van der Waals surface area contributed by atoms with E-state index in [1.54, 1.807) is 5.38 Å². The number of thiazole rings is 1. The Bertz CT molecular complexity index is 271. The van der Waals surface area contributed by atoms with Crippen molar-refractivity contribution in [3.05, 3.63) is 11.1 Å². The quantitative estimate of drug-likeness (QED) is 0.627. The standard InChI is InChI=1S/C5H7N4OS/c6-3(4(7)10)2-1-11-5(8)9-2/h1,3,7H,6H2,(H2,8,9). The molecule has 1 rings (SSSR count). The van der Waals surface area contributed by atoms with Crippen LogP contribution in [-0.2, 0) is 4.79 Å². The molecule has 0 saturated carbocycles. The van der Waals surface area contributed by atoms with Crippen LogP contribution < -0.4 is 17.2 Å². The fraction of sp³-hybridized carbons (Fsp3) is 0.200. The van der Waals surface area contributed by atoms with Gasteiger partial charge < -0.3 is 11.5 Å². The summed E-state index contributed by atoms with van der Waals surface area (Å²) in [6, 6.07) is -0.955. The number of nitrogens with one attached hydrogen (secondary N) is 1. The normalized spacial score (nSPS) is 12.8. The van der Waals surface area contributed by atoms with Crippen LogP contribution in [0, 0.1) is 0 Å². The number of aromatic nitrogens is 1. The van der Waals surface area contributed by atoms with Crippen molar-refractivity contribution in [2.45, 2.75) is 6.04 Å². The summed E-state index contributed by atoms with van der Waals surface area (Å²) in [5, 5.41) is 1.93. The molecule has 0 aliphatic heterocycles. The number of nitrogen functional groups attached to an aromatic ring is 1. The van der Waals surface area contributed by atoms with Crippen molar-refractivity contribution in [1.82, 2.24) is 10.7 Å². The highest BCUT2D eigenvalue weighted by Crippen LogP contribution is 2.15. The molecule has 1 radical (unpaired) electrons. The predicted octanol–water partition coefficient (Wildman–Crippen LogP) is -0.465. The molecule has 11 heavy (non-hydrogen) atoms. The summed E-state index contributed by atoms with van der Waals surface area (Å²) in [6.45, 7) is 0. The zero-order chi connectivity index (χ0) is 8.43. The Kier molecular flexibility index (Phi) is 2.06. The molecule has 0 bridgehead atoms. The lowest BCUT2D eigenvalue weighted by molar-refractivity contribution is -0.120. The van der Waals surface area contributed by atoms with Crippen molar-refractivity contribution in [3.63, 3.8) is 0 Å². The highest BCUT2D eigenvalue weighted by molar-refractivity contribution is 7.13. The summed E-state index contributed by atoms with van der Waals surface area (Å²) in [5.41, 5.74) is 17.7. The molecule has 1 heterocycles. The molecule has 59 valence electrons. The van der Waals surface area contributed by atoms with E-state index >= 15 is 0 Å². The lowest BCUT2D eigenvalue weighted by atomic mass is 10.2. The van der Waals surface area contributed by atoms with Gasteiger partial charge in [-0.05, 0) is 0 Å². The maximum absolute atomic E-state index is 10.4. The molecule has 1 aromatic heterocycles. The van der Waals surface area contributed by atoms with Crippen LogP contribution in [0.15, 0.2) is 5.38 Å². The molecule has 1 atom stereocenters. The number of amides is 1. The Hall–Kier alpha value is -1.14. The Balaban J connectivity index is 2.84. The molecule has 1 amide bonds. The molecular weight excluding hydrogens is 164 g/mol. The zero-order valence-electron chi connectivity index (χ0n) is 5.57. The number of carbonyl (C=O) groups is 1. The van der Waals surface area contributed by atoms with E-state index in [1.165, 1.54) is 11.3 Å². The number of hydrogen-bond donors (Lipinski definition) is 2. The van der Waals surface area contributed by atoms with Gasteiger partial charge in [-0.1, -0.05) is 0 Å². The summed E-state index contributed by atoms with van der Waals surface area (Å²) in [4.78, 5) is 14.2. The fourth-order valence-corrected chi connectivity index (χ4v) is 1.18. The fourth-order valence-electron chi connectivity index (χ4n) is 0.578. The first kappa shape index (κ1) is 7.96. The Morgan fingerprint density at radius 2 is 2.45 bits per heavy atom. The van der Waals surface area contributed by atoms with Crippen LogP contribution in [0.1, 0.15) is 11.7 Å². The van der Waals surface area contributed by atoms with E-state index in [0.29, 0.717) is 10.8 Å². The third kappa shape index (κ3) is 1.66. The van der Waals surface area contributed by atoms with Crippen LogP contribution in [0.3, 0.4) is 0 Å². The Morgan fingerprint density at radius 1 is 1.82 bits per heavy atom. The minimum absolute atomic E-state index is 0.358. The average Bonchev–Trinajstić information content (AvgIpc) is 2.34. The Labute approximate surface area is 67.2 Å². The van der Waals surface area contributed by atoms with Gasteiger partial charge in [0, 0.05) is 5.38 Å². The first-order valence-electron chi connectivity index (χ1n) is 2.83. The second kappa shape index (κ2) is 2.85. The molecular formula is C5H7N4OS.